The molecule has 0 saturated carbocycles. The number of benzene rings is 1. The van der Waals surface area contributed by atoms with E-state index in [-0.39, 0.29) is 6.10 Å². The molecule has 1 aromatic carbocycles. The Kier molecular flexibility index (Phi) is 7.13. The summed E-state index contributed by atoms with van der Waals surface area (Å²) in [4.78, 5) is 0. The molecule has 0 fully saturated rings. The molecule has 0 heterocycles. The van der Waals surface area contributed by atoms with Crippen molar-refractivity contribution in [2.75, 3.05) is 13.7 Å². The van der Waals surface area contributed by atoms with Crippen LogP contribution in [0, 0.1) is 0 Å². The van der Waals surface area contributed by atoms with E-state index in [4.69, 9.17) is 21.1 Å². The third kappa shape index (κ3) is 4.85. The summed E-state index contributed by atoms with van der Waals surface area (Å²) in [6, 6.07) is 3.58. The van der Waals surface area contributed by atoms with Gasteiger partial charge >= 0.3 is 0 Å². The number of ether oxygens (including phenoxy) is 2. The fourth-order valence-electron chi connectivity index (χ4n) is 1.72. The molecular weight excluding hydrogens is 278 g/mol. The van der Waals surface area contributed by atoms with Gasteiger partial charge in [-0.25, -0.2) is 0 Å². The van der Waals surface area contributed by atoms with Crippen molar-refractivity contribution in [2.24, 2.45) is 0 Å². The van der Waals surface area contributed by atoms with Crippen LogP contribution in [0.25, 0.3) is 0 Å². The largest absolute Gasteiger partial charge is 0.493 e. The first-order chi connectivity index (χ1) is 9.49. The Morgan fingerprint density at radius 3 is 2.60 bits per heavy atom. The van der Waals surface area contributed by atoms with Crippen molar-refractivity contribution >= 4 is 11.6 Å². The Morgan fingerprint density at radius 1 is 1.35 bits per heavy atom. The van der Waals surface area contributed by atoms with Gasteiger partial charge in [-0.05, 0) is 32.9 Å². The van der Waals surface area contributed by atoms with Gasteiger partial charge in [0.05, 0.1) is 13.2 Å². The first kappa shape index (κ1) is 17.1. The lowest BCUT2D eigenvalue weighted by atomic mass is 10.1. The summed E-state index contributed by atoms with van der Waals surface area (Å²) >= 11 is 6.10. The summed E-state index contributed by atoms with van der Waals surface area (Å²) in [6.45, 7) is 7.19. The van der Waals surface area contributed by atoms with Crippen molar-refractivity contribution in [3.8, 4) is 11.5 Å². The first-order valence-electron chi connectivity index (χ1n) is 6.91. The summed E-state index contributed by atoms with van der Waals surface area (Å²) in [5.74, 6) is 1.22. The molecule has 0 aliphatic heterocycles. The van der Waals surface area contributed by atoms with Gasteiger partial charge in [-0.15, -0.1) is 0 Å². The molecule has 0 saturated heterocycles. The number of halogens is 1. The second kappa shape index (κ2) is 8.35. The molecule has 2 atom stereocenters. The summed E-state index contributed by atoms with van der Waals surface area (Å²) < 4.78 is 11.2. The third-order valence-electron chi connectivity index (χ3n) is 3.04. The van der Waals surface area contributed by atoms with Crippen LogP contribution in [-0.4, -0.2) is 31.0 Å². The van der Waals surface area contributed by atoms with Crippen molar-refractivity contribution in [1.82, 2.24) is 5.32 Å². The monoisotopic (exact) mass is 301 g/mol. The minimum Gasteiger partial charge on any atom is -0.493 e. The third-order valence-corrected chi connectivity index (χ3v) is 3.26. The normalized spacial score (nSPS) is 13.9. The Balaban J connectivity index is 3.02. The number of aliphatic hydroxyl groups excluding tert-OH is 1. The van der Waals surface area contributed by atoms with Crippen LogP contribution >= 0.6 is 11.6 Å². The van der Waals surface area contributed by atoms with Gasteiger partial charge in [0.2, 0.25) is 0 Å². The lowest BCUT2D eigenvalue weighted by Crippen LogP contribution is -2.26. The van der Waals surface area contributed by atoms with Crippen LogP contribution in [0.2, 0.25) is 5.02 Å². The number of hydrogen-bond acceptors (Lipinski definition) is 4. The maximum Gasteiger partial charge on any atom is 0.166 e. The summed E-state index contributed by atoms with van der Waals surface area (Å²) in [5.41, 5.74) is 0.926. The fraction of sp³-hybridized carbons (Fsp3) is 0.600. The molecule has 5 heteroatoms. The van der Waals surface area contributed by atoms with Crippen molar-refractivity contribution in [3.63, 3.8) is 0 Å². The van der Waals surface area contributed by atoms with Crippen molar-refractivity contribution < 1.29 is 14.6 Å². The van der Waals surface area contributed by atoms with Gasteiger partial charge in [-0.1, -0.05) is 18.5 Å². The number of hydrogen-bond donors (Lipinski definition) is 2. The van der Waals surface area contributed by atoms with E-state index in [1.54, 1.807) is 20.1 Å². The first-order valence-corrected chi connectivity index (χ1v) is 7.29. The zero-order valence-electron chi connectivity index (χ0n) is 12.6. The maximum absolute atomic E-state index is 9.60. The van der Waals surface area contributed by atoms with Crippen molar-refractivity contribution in [3.05, 3.63) is 22.7 Å². The van der Waals surface area contributed by atoms with E-state index in [2.05, 4.69) is 12.2 Å². The van der Waals surface area contributed by atoms with Gasteiger partial charge in [-0.2, -0.15) is 0 Å². The van der Waals surface area contributed by atoms with Gasteiger partial charge in [0.25, 0.3) is 0 Å². The van der Waals surface area contributed by atoms with Gasteiger partial charge in [0.15, 0.2) is 11.5 Å². The Morgan fingerprint density at radius 2 is 2.05 bits per heavy atom. The van der Waals surface area contributed by atoms with E-state index >= 15 is 0 Å². The SMILES string of the molecule is CCCNCc1cc(Cl)cc(OC)c1OC(C)C(C)O. The van der Waals surface area contributed by atoms with Crippen LogP contribution in [0.5, 0.6) is 11.5 Å². The maximum atomic E-state index is 9.60. The topological polar surface area (TPSA) is 50.7 Å². The number of nitrogens with one attached hydrogen (secondary N) is 1. The molecule has 114 valence electrons. The van der Waals surface area contributed by atoms with E-state index in [0.29, 0.717) is 23.1 Å². The average Bonchev–Trinajstić information content (AvgIpc) is 2.41. The van der Waals surface area contributed by atoms with E-state index in [0.717, 1.165) is 18.5 Å². The minimum atomic E-state index is -0.563. The predicted octanol–water partition coefficient (Wildman–Crippen LogP) is 3.00. The molecule has 2 N–H and O–H groups in total. The highest BCUT2D eigenvalue weighted by atomic mass is 35.5. The quantitative estimate of drug-likeness (QED) is 0.725. The molecule has 0 spiro atoms. The van der Waals surface area contributed by atoms with Gasteiger partial charge in [0.1, 0.15) is 6.10 Å². The molecule has 2 unspecified atom stereocenters. The zero-order chi connectivity index (χ0) is 15.1. The zero-order valence-corrected chi connectivity index (χ0v) is 13.3. The van der Waals surface area contributed by atoms with Crippen LogP contribution < -0.4 is 14.8 Å². The van der Waals surface area contributed by atoms with Crippen LogP contribution in [0.3, 0.4) is 0 Å². The van der Waals surface area contributed by atoms with Crippen LogP contribution in [0.4, 0.5) is 0 Å². The predicted molar refractivity (Wildman–Crippen MR) is 81.8 cm³/mol. The average molecular weight is 302 g/mol. The van der Waals surface area contributed by atoms with Gasteiger partial charge in [0, 0.05) is 23.2 Å². The minimum absolute atomic E-state index is 0.324. The van der Waals surface area contributed by atoms with Gasteiger partial charge < -0.3 is 19.9 Å². The smallest absolute Gasteiger partial charge is 0.166 e. The number of aliphatic hydroxyl groups is 1. The highest BCUT2D eigenvalue weighted by molar-refractivity contribution is 6.30. The number of rotatable bonds is 8. The van der Waals surface area contributed by atoms with Crippen LogP contribution in [-0.2, 0) is 6.54 Å². The lowest BCUT2D eigenvalue weighted by molar-refractivity contribution is 0.0579. The Labute approximate surface area is 126 Å². The molecule has 0 bridgehead atoms. The molecule has 0 aliphatic carbocycles. The second-order valence-corrected chi connectivity index (χ2v) is 5.27. The van der Waals surface area contributed by atoms with E-state index in [1.807, 2.05) is 13.0 Å². The van der Waals surface area contributed by atoms with E-state index < -0.39 is 6.10 Å². The Hall–Kier alpha value is -0.970. The van der Waals surface area contributed by atoms with Crippen molar-refractivity contribution in [2.45, 2.75) is 45.9 Å². The van der Waals surface area contributed by atoms with Crippen molar-refractivity contribution in [1.29, 1.82) is 0 Å². The molecule has 0 aliphatic rings. The van der Waals surface area contributed by atoms with Gasteiger partial charge in [-0.3, -0.25) is 0 Å². The molecule has 4 nitrogen and oxygen atoms in total. The molecular formula is C15H24ClNO3. The standard InChI is InChI=1S/C15H24ClNO3/c1-5-6-17-9-12-7-13(16)8-14(19-4)15(12)20-11(3)10(2)18/h7-8,10-11,17-18H,5-6,9H2,1-4H3. The molecule has 1 aromatic rings. The molecule has 0 aromatic heterocycles. The van der Waals surface area contributed by atoms with E-state index in [9.17, 15) is 5.11 Å². The van der Waals surface area contributed by atoms with Crippen LogP contribution in [0.15, 0.2) is 12.1 Å². The lowest BCUT2D eigenvalue weighted by Gasteiger charge is -2.22. The second-order valence-electron chi connectivity index (χ2n) is 4.84. The van der Waals surface area contributed by atoms with E-state index in [1.165, 1.54) is 0 Å². The molecule has 0 radical (unpaired) electrons. The number of methoxy groups -OCH3 is 1. The Bertz CT molecular complexity index is 424. The molecule has 20 heavy (non-hydrogen) atoms. The summed E-state index contributed by atoms with van der Waals surface area (Å²) in [5, 5.41) is 13.5. The highest BCUT2D eigenvalue weighted by Crippen LogP contribution is 2.35. The van der Waals surface area contributed by atoms with Crippen LogP contribution in [0.1, 0.15) is 32.8 Å². The summed E-state index contributed by atoms with van der Waals surface area (Å²) in [6.07, 6.45) is 0.166. The summed E-state index contributed by atoms with van der Waals surface area (Å²) in [7, 11) is 1.58. The molecule has 0 amide bonds. The highest BCUT2D eigenvalue weighted by Gasteiger charge is 2.18. The molecule has 1 rings (SSSR count). The fourth-order valence-corrected chi connectivity index (χ4v) is 1.95.